The van der Waals surface area contributed by atoms with E-state index in [1.54, 1.807) is 0 Å². The molecule has 0 aliphatic heterocycles. The molecule has 2 aromatic rings. The summed E-state index contributed by atoms with van der Waals surface area (Å²) in [4.78, 5) is 12.5. The van der Waals surface area contributed by atoms with Gasteiger partial charge in [0.1, 0.15) is 0 Å². The second-order valence-electron chi connectivity index (χ2n) is 4.65. The maximum absolute atomic E-state index is 12.5. The molecule has 1 nitrogen and oxygen atoms in total. The van der Waals surface area contributed by atoms with Gasteiger partial charge in [-0.2, -0.15) is 0 Å². The van der Waals surface area contributed by atoms with Gasteiger partial charge in [0, 0.05) is 11.1 Å². The van der Waals surface area contributed by atoms with Crippen LogP contribution in [0.4, 0.5) is 0 Å². The van der Waals surface area contributed by atoms with Crippen LogP contribution in [0.3, 0.4) is 0 Å². The quantitative estimate of drug-likeness (QED) is 0.683. The van der Waals surface area contributed by atoms with Crippen molar-refractivity contribution in [1.29, 1.82) is 0 Å². The molecule has 0 spiro atoms. The number of ketones is 1. The summed E-state index contributed by atoms with van der Waals surface area (Å²) < 4.78 is 0. The molecule has 19 heavy (non-hydrogen) atoms. The molecule has 1 aliphatic rings. The number of rotatable bonds is 1. The highest BCUT2D eigenvalue weighted by Gasteiger charge is 2.19. The molecule has 0 radical (unpaired) electrons. The maximum Gasteiger partial charge on any atom is 0.193 e. The van der Waals surface area contributed by atoms with Crippen molar-refractivity contribution in [1.82, 2.24) is 0 Å². The van der Waals surface area contributed by atoms with Gasteiger partial charge in [-0.15, -0.1) is 0 Å². The molecular formula is C18H14O. The monoisotopic (exact) mass is 246 g/mol. The molecule has 0 aromatic heterocycles. The van der Waals surface area contributed by atoms with E-state index in [0.717, 1.165) is 27.8 Å². The van der Waals surface area contributed by atoms with E-state index < -0.39 is 0 Å². The Morgan fingerprint density at radius 1 is 0.842 bits per heavy atom. The Kier molecular flexibility index (Phi) is 2.88. The first kappa shape index (κ1) is 11.7. The van der Waals surface area contributed by atoms with Gasteiger partial charge in [0.15, 0.2) is 5.78 Å². The van der Waals surface area contributed by atoms with Crippen LogP contribution in [0.2, 0.25) is 0 Å². The van der Waals surface area contributed by atoms with Crippen molar-refractivity contribution in [3.8, 4) is 0 Å². The Morgan fingerprint density at radius 2 is 1.53 bits per heavy atom. The molecule has 0 unspecified atom stereocenters. The fourth-order valence-electron chi connectivity index (χ4n) is 2.38. The van der Waals surface area contributed by atoms with Crippen LogP contribution in [-0.2, 0) is 0 Å². The average molecular weight is 246 g/mol. The minimum absolute atomic E-state index is 0.111. The van der Waals surface area contributed by atoms with Crippen LogP contribution in [0.1, 0.15) is 28.4 Å². The van der Waals surface area contributed by atoms with E-state index in [9.17, 15) is 4.79 Å². The van der Waals surface area contributed by atoms with E-state index in [1.807, 2.05) is 73.7 Å². The second kappa shape index (κ2) is 4.69. The lowest BCUT2D eigenvalue weighted by Gasteiger charge is -2.14. The molecule has 0 saturated heterocycles. The van der Waals surface area contributed by atoms with Crippen molar-refractivity contribution in [3.63, 3.8) is 0 Å². The third kappa shape index (κ3) is 2.04. The number of hydrogen-bond acceptors (Lipinski definition) is 1. The van der Waals surface area contributed by atoms with E-state index in [-0.39, 0.29) is 5.78 Å². The molecule has 2 aromatic carbocycles. The van der Waals surface area contributed by atoms with Crippen molar-refractivity contribution in [2.75, 3.05) is 0 Å². The van der Waals surface area contributed by atoms with Crippen LogP contribution in [-0.4, -0.2) is 5.78 Å². The standard InChI is InChI=1S/C18H14O/c1-13(14-7-3-2-4-8-14)16-12-11-15-9-5-6-10-17(15)18(16)19/h2-12H,1H3/b16-13-. The molecular weight excluding hydrogens is 232 g/mol. The summed E-state index contributed by atoms with van der Waals surface area (Å²) >= 11 is 0. The summed E-state index contributed by atoms with van der Waals surface area (Å²) in [5, 5.41) is 0. The van der Waals surface area contributed by atoms with Gasteiger partial charge in [0.05, 0.1) is 0 Å². The van der Waals surface area contributed by atoms with Gasteiger partial charge >= 0.3 is 0 Å². The lowest BCUT2D eigenvalue weighted by molar-refractivity contribution is 0.103. The van der Waals surface area contributed by atoms with Gasteiger partial charge in [0.2, 0.25) is 0 Å². The van der Waals surface area contributed by atoms with Gasteiger partial charge in [-0.25, -0.2) is 0 Å². The minimum Gasteiger partial charge on any atom is -0.289 e. The fraction of sp³-hybridized carbons (Fsp3) is 0.0556. The van der Waals surface area contributed by atoms with Crippen LogP contribution >= 0.6 is 0 Å². The summed E-state index contributed by atoms with van der Waals surface area (Å²) in [5.41, 5.74) is 4.68. The molecule has 0 bridgehead atoms. The van der Waals surface area contributed by atoms with Crippen LogP contribution < -0.4 is 0 Å². The summed E-state index contributed by atoms with van der Waals surface area (Å²) in [6.45, 7) is 2.00. The topological polar surface area (TPSA) is 17.1 Å². The number of carbonyl (C=O) groups excluding carboxylic acids is 1. The number of carbonyl (C=O) groups is 1. The zero-order valence-corrected chi connectivity index (χ0v) is 10.8. The first-order chi connectivity index (χ1) is 9.27. The SMILES string of the molecule is C/C(=C1\C=Cc2ccccc2C1=O)c1ccccc1. The molecule has 0 amide bonds. The van der Waals surface area contributed by atoms with E-state index >= 15 is 0 Å². The Bertz CT molecular complexity index is 691. The maximum atomic E-state index is 12.5. The lowest BCUT2D eigenvalue weighted by Crippen LogP contribution is -2.09. The van der Waals surface area contributed by atoms with Crippen LogP contribution in [0, 0.1) is 0 Å². The Labute approximate surface area is 112 Å². The molecule has 3 rings (SSSR count). The molecule has 1 heteroatoms. The van der Waals surface area contributed by atoms with E-state index in [4.69, 9.17) is 0 Å². The Morgan fingerprint density at radius 3 is 2.32 bits per heavy atom. The average Bonchev–Trinajstić information content (AvgIpc) is 2.48. The minimum atomic E-state index is 0.111. The molecule has 1 aliphatic carbocycles. The second-order valence-corrected chi connectivity index (χ2v) is 4.65. The molecule has 0 fully saturated rings. The molecule has 92 valence electrons. The lowest BCUT2D eigenvalue weighted by atomic mass is 9.88. The van der Waals surface area contributed by atoms with Crippen molar-refractivity contribution >= 4 is 17.4 Å². The van der Waals surface area contributed by atoms with Crippen molar-refractivity contribution < 1.29 is 4.79 Å². The van der Waals surface area contributed by atoms with Crippen molar-refractivity contribution in [3.05, 3.63) is 82.9 Å². The van der Waals surface area contributed by atoms with Crippen molar-refractivity contribution in [2.24, 2.45) is 0 Å². The van der Waals surface area contributed by atoms with Crippen LogP contribution in [0.15, 0.2) is 66.2 Å². The molecule has 0 saturated carbocycles. The predicted octanol–water partition coefficient (Wildman–Crippen LogP) is 4.37. The molecule has 0 N–H and O–H groups in total. The highest BCUT2D eigenvalue weighted by molar-refractivity contribution is 6.18. The van der Waals surface area contributed by atoms with Crippen LogP contribution in [0.5, 0.6) is 0 Å². The first-order valence-electron chi connectivity index (χ1n) is 6.35. The normalized spacial score (nSPS) is 16.2. The van der Waals surface area contributed by atoms with E-state index in [1.165, 1.54) is 0 Å². The van der Waals surface area contributed by atoms with Gasteiger partial charge in [-0.3, -0.25) is 4.79 Å². The first-order valence-corrected chi connectivity index (χ1v) is 6.35. The zero-order chi connectivity index (χ0) is 13.2. The number of allylic oxidation sites excluding steroid dienone is 3. The van der Waals surface area contributed by atoms with Gasteiger partial charge < -0.3 is 0 Å². The number of benzene rings is 2. The van der Waals surface area contributed by atoms with Crippen molar-refractivity contribution in [2.45, 2.75) is 6.92 Å². The van der Waals surface area contributed by atoms with Gasteiger partial charge in [0.25, 0.3) is 0 Å². The van der Waals surface area contributed by atoms with E-state index in [2.05, 4.69) is 0 Å². The Hall–Kier alpha value is -2.41. The third-order valence-electron chi connectivity index (χ3n) is 3.49. The number of fused-ring (bicyclic) bond motifs is 1. The smallest absolute Gasteiger partial charge is 0.193 e. The Balaban J connectivity index is 2.12. The molecule has 0 heterocycles. The van der Waals surface area contributed by atoms with E-state index in [0.29, 0.717) is 0 Å². The molecule has 0 atom stereocenters. The van der Waals surface area contributed by atoms with Crippen LogP contribution in [0.25, 0.3) is 11.6 Å². The summed E-state index contributed by atoms with van der Waals surface area (Å²) in [7, 11) is 0. The highest BCUT2D eigenvalue weighted by Crippen LogP contribution is 2.28. The highest BCUT2D eigenvalue weighted by atomic mass is 16.1. The number of Topliss-reactive ketones (excluding diaryl/α,β-unsaturated/α-hetero) is 1. The third-order valence-corrected chi connectivity index (χ3v) is 3.49. The predicted molar refractivity (Wildman–Crippen MR) is 78.8 cm³/mol. The zero-order valence-electron chi connectivity index (χ0n) is 10.8. The summed E-state index contributed by atoms with van der Waals surface area (Å²) in [6.07, 6.45) is 3.94. The van der Waals surface area contributed by atoms with Gasteiger partial charge in [-0.1, -0.05) is 66.7 Å². The largest absolute Gasteiger partial charge is 0.289 e. The summed E-state index contributed by atoms with van der Waals surface area (Å²) in [6, 6.07) is 17.7. The summed E-state index contributed by atoms with van der Waals surface area (Å²) in [5.74, 6) is 0.111. The van der Waals surface area contributed by atoms with Gasteiger partial charge in [-0.05, 0) is 23.6 Å². The number of hydrogen-bond donors (Lipinski definition) is 0. The fourth-order valence-corrected chi connectivity index (χ4v) is 2.38.